The number of carbonyl (C=O) groups is 1. The largest absolute Gasteiger partial charge is 0.390 e. The Morgan fingerprint density at radius 1 is 1.17 bits per heavy atom. The third kappa shape index (κ3) is 3.80. The summed E-state index contributed by atoms with van der Waals surface area (Å²) in [5.74, 6) is 0.793. The van der Waals surface area contributed by atoms with Crippen molar-refractivity contribution in [2.75, 3.05) is 18.9 Å². The second kappa shape index (κ2) is 8.21. The molecule has 3 unspecified atom stereocenters. The van der Waals surface area contributed by atoms with E-state index in [1.807, 2.05) is 25.2 Å². The number of nitrogens with one attached hydrogen (secondary N) is 2. The summed E-state index contributed by atoms with van der Waals surface area (Å²) in [7, 11) is -2.17. The lowest BCUT2D eigenvalue weighted by atomic mass is 9.46. The average Bonchev–Trinajstić information content (AvgIpc) is 3.27. The molecule has 1 heterocycles. The fourth-order valence-corrected chi connectivity index (χ4v) is 9.43. The van der Waals surface area contributed by atoms with Gasteiger partial charge in [-0.25, -0.2) is 8.42 Å². The van der Waals surface area contributed by atoms with Gasteiger partial charge in [-0.3, -0.25) is 9.10 Å². The van der Waals surface area contributed by atoms with E-state index in [0.717, 1.165) is 49.7 Å². The first-order valence-corrected chi connectivity index (χ1v) is 14.5. The molecule has 7 rings (SSSR count). The van der Waals surface area contributed by atoms with Crippen LogP contribution in [0.4, 0.5) is 5.69 Å². The van der Waals surface area contributed by atoms with Gasteiger partial charge in [-0.2, -0.15) is 0 Å². The Morgan fingerprint density at radius 2 is 1.92 bits per heavy atom. The smallest absolute Gasteiger partial charge is 0.266 e. The molecule has 8 heteroatoms. The number of amides is 1. The summed E-state index contributed by atoms with van der Waals surface area (Å²) >= 11 is 0. The molecule has 3 N–H and O–H groups in total. The van der Waals surface area contributed by atoms with Crippen molar-refractivity contribution in [2.45, 2.75) is 68.4 Å². The van der Waals surface area contributed by atoms with E-state index >= 15 is 0 Å². The highest BCUT2D eigenvalue weighted by molar-refractivity contribution is 7.89. The Labute approximate surface area is 213 Å². The summed E-state index contributed by atoms with van der Waals surface area (Å²) in [6.07, 6.45) is 14.1. The topological polar surface area (TPSA) is 98.7 Å². The molecular formula is C28H35N3O4S. The van der Waals surface area contributed by atoms with Crippen LogP contribution < -0.4 is 10.6 Å². The van der Waals surface area contributed by atoms with Gasteiger partial charge in [0.15, 0.2) is 0 Å². The SMILES string of the molecule is CNc1ccc(C(=O)NC(C)C23CC4CC(CC(O)(C4)C2)C3)cc1S(=O)(=O)N1C=C2CC=CC=C2C1. The van der Waals surface area contributed by atoms with Crippen LogP contribution in [0.3, 0.4) is 0 Å². The van der Waals surface area contributed by atoms with E-state index in [1.165, 1.54) is 16.8 Å². The number of carbonyl (C=O) groups excluding carboxylic acids is 1. The number of hydrogen-bond acceptors (Lipinski definition) is 5. The number of benzene rings is 1. The van der Waals surface area contributed by atoms with E-state index in [0.29, 0.717) is 29.6 Å². The molecular weight excluding hydrogens is 474 g/mol. The van der Waals surface area contributed by atoms with Crippen molar-refractivity contribution in [3.63, 3.8) is 0 Å². The molecule has 0 spiro atoms. The fourth-order valence-electron chi connectivity index (χ4n) is 7.88. The van der Waals surface area contributed by atoms with Gasteiger partial charge in [0.2, 0.25) is 0 Å². The number of nitrogens with zero attached hydrogens (tertiary/aromatic N) is 1. The van der Waals surface area contributed by atoms with Gasteiger partial charge in [0.25, 0.3) is 15.9 Å². The first-order chi connectivity index (χ1) is 17.1. The zero-order valence-electron chi connectivity index (χ0n) is 21.0. The van der Waals surface area contributed by atoms with E-state index in [9.17, 15) is 18.3 Å². The molecule has 0 saturated heterocycles. The van der Waals surface area contributed by atoms with E-state index in [1.54, 1.807) is 25.4 Å². The number of sulfonamides is 1. The van der Waals surface area contributed by atoms with Gasteiger partial charge in [0.1, 0.15) is 4.90 Å². The number of anilines is 1. The standard InChI is InChI=1S/C28H35N3O4S/c1-18(27-11-19-9-20(12-27)14-28(33,13-19)17-27)30-26(32)21-7-8-24(29-2)25(10-21)36(34,35)31-15-22-5-3-4-6-23(22)16-31/h3-5,7-8,10,16,18-20,29,33H,6,9,11-15,17H2,1-2H3,(H,30,32). The van der Waals surface area contributed by atoms with Crippen molar-refractivity contribution in [1.29, 1.82) is 0 Å². The quantitative estimate of drug-likeness (QED) is 0.539. The van der Waals surface area contributed by atoms with Crippen molar-refractivity contribution in [2.24, 2.45) is 17.3 Å². The molecule has 4 saturated carbocycles. The fraction of sp³-hybridized carbons (Fsp3) is 0.536. The Hall–Kier alpha value is -2.58. The second-order valence-electron chi connectivity index (χ2n) is 11.7. The number of aliphatic hydroxyl groups is 1. The summed E-state index contributed by atoms with van der Waals surface area (Å²) in [6.45, 7) is 2.35. The minimum absolute atomic E-state index is 0.0892. The molecule has 0 radical (unpaired) electrons. The maximum Gasteiger partial charge on any atom is 0.266 e. The van der Waals surface area contributed by atoms with Crippen LogP contribution in [-0.4, -0.2) is 49.0 Å². The van der Waals surface area contributed by atoms with Crippen molar-refractivity contribution in [1.82, 2.24) is 9.62 Å². The van der Waals surface area contributed by atoms with Gasteiger partial charge in [-0.05, 0) is 98.5 Å². The molecule has 4 bridgehead atoms. The van der Waals surface area contributed by atoms with Gasteiger partial charge in [-0.15, -0.1) is 0 Å². The molecule has 0 aromatic heterocycles. The van der Waals surface area contributed by atoms with Crippen molar-refractivity contribution in [3.8, 4) is 0 Å². The highest BCUT2D eigenvalue weighted by Gasteiger charge is 2.59. The minimum Gasteiger partial charge on any atom is -0.390 e. The van der Waals surface area contributed by atoms with E-state index in [2.05, 4.69) is 10.6 Å². The molecule has 1 aliphatic heterocycles. The van der Waals surface area contributed by atoms with E-state index in [-0.39, 0.29) is 22.3 Å². The normalized spacial score (nSPS) is 33.1. The summed E-state index contributed by atoms with van der Waals surface area (Å²) < 4.78 is 28.7. The molecule has 36 heavy (non-hydrogen) atoms. The highest BCUT2D eigenvalue weighted by Crippen LogP contribution is 2.62. The lowest BCUT2D eigenvalue weighted by Crippen LogP contribution is -2.61. The Bertz CT molecular complexity index is 1300. The third-order valence-electron chi connectivity index (χ3n) is 9.25. The molecule has 5 aliphatic carbocycles. The predicted octanol–water partition coefficient (Wildman–Crippen LogP) is 3.95. The van der Waals surface area contributed by atoms with Crippen LogP contribution in [0.15, 0.2) is 58.7 Å². The van der Waals surface area contributed by atoms with Crippen LogP contribution in [-0.2, 0) is 10.0 Å². The lowest BCUT2D eigenvalue weighted by Gasteiger charge is -2.62. The molecule has 4 fully saturated rings. The molecule has 192 valence electrons. The Morgan fingerprint density at radius 3 is 2.58 bits per heavy atom. The molecule has 3 atom stereocenters. The van der Waals surface area contributed by atoms with Crippen molar-refractivity contribution in [3.05, 3.63) is 59.3 Å². The summed E-state index contributed by atoms with van der Waals surface area (Å²) in [5, 5.41) is 17.3. The maximum absolute atomic E-state index is 13.7. The minimum atomic E-state index is -3.86. The zero-order chi connectivity index (χ0) is 25.3. The van der Waals surface area contributed by atoms with Gasteiger partial charge in [-0.1, -0.05) is 18.2 Å². The van der Waals surface area contributed by atoms with Gasteiger partial charge < -0.3 is 15.7 Å². The first kappa shape index (κ1) is 23.8. The lowest BCUT2D eigenvalue weighted by molar-refractivity contribution is -0.171. The first-order valence-electron chi connectivity index (χ1n) is 13.0. The van der Waals surface area contributed by atoms with Crippen LogP contribution in [0.1, 0.15) is 62.2 Å². The summed E-state index contributed by atoms with van der Waals surface area (Å²) in [5.41, 5.74) is 2.12. The molecule has 7 nitrogen and oxygen atoms in total. The van der Waals surface area contributed by atoms with Crippen LogP contribution in [0.2, 0.25) is 0 Å². The highest BCUT2D eigenvalue weighted by atomic mass is 32.2. The number of allylic oxidation sites excluding steroid dienone is 3. The van der Waals surface area contributed by atoms with Crippen LogP contribution in [0.5, 0.6) is 0 Å². The summed E-state index contributed by atoms with van der Waals surface area (Å²) in [4.78, 5) is 13.5. The van der Waals surface area contributed by atoms with Gasteiger partial charge in [0, 0.05) is 24.9 Å². The van der Waals surface area contributed by atoms with Crippen LogP contribution in [0.25, 0.3) is 0 Å². The van der Waals surface area contributed by atoms with Gasteiger partial charge in [0.05, 0.1) is 17.8 Å². The van der Waals surface area contributed by atoms with Gasteiger partial charge >= 0.3 is 0 Å². The van der Waals surface area contributed by atoms with Crippen molar-refractivity contribution >= 4 is 21.6 Å². The number of fused-ring (bicyclic) bond motifs is 1. The predicted molar refractivity (Wildman–Crippen MR) is 139 cm³/mol. The van der Waals surface area contributed by atoms with Crippen LogP contribution in [0, 0.1) is 17.3 Å². The summed E-state index contributed by atoms with van der Waals surface area (Å²) in [6, 6.07) is 4.73. The monoisotopic (exact) mass is 509 g/mol. The number of rotatable bonds is 6. The molecule has 1 aromatic rings. The zero-order valence-corrected chi connectivity index (χ0v) is 21.8. The van der Waals surface area contributed by atoms with E-state index < -0.39 is 15.6 Å². The average molecular weight is 510 g/mol. The van der Waals surface area contributed by atoms with Crippen molar-refractivity contribution < 1.29 is 18.3 Å². The molecule has 6 aliphatic rings. The Kier molecular flexibility index (Phi) is 5.43. The van der Waals surface area contributed by atoms with E-state index in [4.69, 9.17) is 0 Å². The van der Waals surface area contributed by atoms with Crippen LogP contribution >= 0.6 is 0 Å². The third-order valence-corrected chi connectivity index (χ3v) is 11.0. The maximum atomic E-state index is 13.7. The second-order valence-corrected chi connectivity index (χ2v) is 13.6. The molecule has 1 amide bonds. The number of hydrogen-bond donors (Lipinski definition) is 3. The Balaban J connectivity index is 1.25. The molecule has 1 aromatic carbocycles.